The lowest BCUT2D eigenvalue weighted by molar-refractivity contribution is -0.122. The number of allylic oxidation sites excluding steroid dienone is 2. The highest BCUT2D eigenvalue weighted by molar-refractivity contribution is 6.58. The molecule has 3 N–H and O–H groups in total. The summed E-state index contributed by atoms with van der Waals surface area (Å²) in [6.45, 7) is 2.53. The predicted octanol–water partition coefficient (Wildman–Crippen LogP) is 5.87. The van der Waals surface area contributed by atoms with Crippen LogP contribution in [0.3, 0.4) is 0 Å². The third-order valence-corrected chi connectivity index (χ3v) is 10.1. The predicted molar refractivity (Wildman–Crippen MR) is 185 cm³/mol. The van der Waals surface area contributed by atoms with Crippen LogP contribution in [0, 0.1) is 17.8 Å². The van der Waals surface area contributed by atoms with E-state index in [2.05, 4.69) is 25.1 Å². The van der Waals surface area contributed by atoms with Crippen LogP contribution in [-0.4, -0.2) is 46.8 Å². The van der Waals surface area contributed by atoms with Crippen LogP contribution in [0.4, 0.5) is 5.69 Å². The van der Waals surface area contributed by atoms with Gasteiger partial charge in [-0.3, -0.25) is 14.5 Å². The highest BCUT2D eigenvalue weighted by Gasteiger charge is 2.57. The molecule has 3 aliphatic rings. The van der Waals surface area contributed by atoms with Crippen molar-refractivity contribution in [2.45, 2.75) is 45.1 Å². The van der Waals surface area contributed by atoms with Gasteiger partial charge in [0.05, 0.1) is 30.2 Å². The van der Waals surface area contributed by atoms with Gasteiger partial charge in [-0.2, -0.15) is 0 Å². The number of benzene rings is 4. The Balaban J connectivity index is 1.19. The summed E-state index contributed by atoms with van der Waals surface area (Å²) in [4.78, 5) is 29.1. The number of phenols is 1. The Morgan fingerprint density at radius 2 is 1.68 bits per heavy atom. The minimum Gasteiger partial charge on any atom is -0.507 e. The first kappa shape index (κ1) is 31.1. The summed E-state index contributed by atoms with van der Waals surface area (Å²) in [6.07, 6.45) is 5.84. The van der Waals surface area contributed by atoms with E-state index in [-0.39, 0.29) is 35.0 Å². The van der Waals surface area contributed by atoms with Gasteiger partial charge in [0.2, 0.25) is 11.8 Å². The van der Waals surface area contributed by atoms with Gasteiger partial charge in [0.1, 0.15) is 5.75 Å². The fourth-order valence-electron chi connectivity index (χ4n) is 7.95. The van der Waals surface area contributed by atoms with E-state index in [1.807, 2.05) is 48.5 Å². The Kier molecular flexibility index (Phi) is 8.58. The van der Waals surface area contributed by atoms with Gasteiger partial charge in [-0.1, -0.05) is 97.8 Å². The smallest absolute Gasteiger partial charge is 0.488 e. The summed E-state index contributed by atoms with van der Waals surface area (Å²) in [5.74, 6) is -1.33. The highest BCUT2D eigenvalue weighted by atomic mass is 16.5. The number of carbonyl (C=O) groups is 2. The topological polar surface area (TPSA) is 107 Å². The van der Waals surface area contributed by atoms with Crippen molar-refractivity contribution in [1.29, 1.82) is 0 Å². The van der Waals surface area contributed by atoms with Gasteiger partial charge >= 0.3 is 7.12 Å². The third kappa shape index (κ3) is 5.71. The average Bonchev–Trinajstić information content (AvgIpc) is 3.62. The molecular formula is C39H38BNO6. The summed E-state index contributed by atoms with van der Waals surface area (Å²) < 4.78 is 6.52. The Labute approximate surface area is 275 Å². The molecule has 0 unspecified atom stereocenters. The molecule has 0 bridgehead atoms. The van der Waals surface area contributed by atoms with Gasteiger partial charge in [0.25, 0.3) is 0 Å². The SMILES string of the molecule is CCCC1=C2[C@@H](CC/C(=C/c3ccc(O)c4ccccc34)c3ccccc3)OC[C@@H]2[C@@H]2C(=O)N(c3cccc(B(O)O)c3)C(=O)[C@@H]2C1. The fourth-order valence-corrected chi connectivity index (χ4v) is 7.95. The summed E-state index contributed by atoms with van der Waals surface area (Å²) >= 11 is 0. The first-order valence-corrected chi connectivity index (χ1v) is 16.5. The molecule has 1 aliphatic carbocycles. The number of phenolic OH excluding ortho intramolecular Hbond substituents is 1. The first-order valence-electron chi connectivity index (χ1n) is 16.5. The molecule has 8 heteroatoms. The summed E-state index contributed by atoms with van der Waals surface area (Å²) in [5.41, 5.74) is 6.33. The zero-order chi connectivity index (χ0) is 32.7. The molecule has 7 rings (SSSR count). The van der Waals surface area contributed by atoms with Gasteiger partial charge in [0, 0.05) is 11.3 Å². The zero-order valence-corrected chi connectivity index (χ0v) is 26.4. The van der Waals surface area contributed by atoms with Crippen LogP contribution in [0.2, 0.25) is 0 Å². The molecule has 4 aromatic rings. The second-order valence-corrected chi connectivity index (χ2v) is 12.8. The summed E-state index contributed by atoms with van der Waals surface area (Å²) in [7, 11) is -1.69. The lowest BCUT2D eigenvalue weighted by atomic mass is 9.68. The Hall–Kier alpha value is -4.50. The van der Waals surface area contributed by atoms with E-state index in [9.17, 15) is 24.7 Å². The Morgan fingerprint density at radius 1 is 0.915 bits per heavy atom. The van der Waals surface area contributed by atoms with Gasteiger partial charge in [-0.15, -0.1) is 0 Å². The van der Waals surface area contributed by atoms with E-state index in [1.54, 1.807) is 24.3 Å². The standard InChI is InChI=1S/C39H38BNO6/c1-2-9-27-21-32-37(39(44)41(38(32)43)29-13-8-12-28(22-29)40(45)46)33-23-47-35(36(27)33)19-17-25(24-10-4-3-5-11-24)20-26-16-18-34(42)31-15-7-6-14-30(26)31/h3-8,10-16,18,20,22,32-33,35,37,42,45-46H,2,9,17,19,21,23H2,1H3/b25-20-/t32-,33+,35-,37-/m1/s1. The van der Waals surface area contributed by atoms with E-state index < -0.39 is 19.0 Å². The van der Waals surface area contributed by atoms with Gasteiger partial charge in [-0.05, 0) is 77.0 Å². The summed E-state index contributed by atoms with van der Waals surface area (Å²) in [6, 6.07) is 28.2. The van der Waals surface area contributed by atoms with Crippen molar-refractivity contribution in [2.75, 3.05) is 11.5 Å². The van der Waals surface area contributed by atoms with Crippen molar-refractivity contribution in [3.8, 4) is 5.75 Å². The minimum atomic E-state index is -1.69. The van der Waals surface area contributed by atoms with Crippen molar-refractivity contribution < 1.29 is 29.5 Å². The highest BCUT2D eigenvalue weighted by Crippen LogP contribution is 2.51. The van der Waals surface area contributed by atoms with Gasteiger partial charge < -0.3 is 19.9 Å². The van der Waals surface area contributed by atoms with E-state index in [0.717, 1.165) is 53.2 Å². The second-order valence-electron chi connectivity index (χ2n) is 12.8. The number of amides is 2. The van der Waals surface area contributed by atoms with E-state index >= 15 is 0 Å². The quantitative estimate of drug-likeness (QED) is 0.0929. The number of hydrogen-bond acceptors (Lipinski definition) is 6. The largest absolute Gasteiger partial charge is 0.507 e. The van der Waals surface area contributed by atoms with Crippen LogP contribution in [0.15, 0.2) is 102 Å². The number of nitrogens with zero attached hydrogens (tertiary/aromatic N) is 1. The number of anilines is 1. The van der Waals surface area contributed by atoms with Crippen molar-refractivity contribution in [3.63, 3.8) is 0 Å². The molecule has 2 aliphatic heterocycles. The van der Waals surface area contributed by atoms with Crippen molar-refractivity contribution >= 4 is 52.5 Å². The molecule has 2 saturated heterocycles. The van der Waals surface area contributed by atoms with Crippen molar-refractivity contribution in [3.05, 3.63) is 113 Å². The van der Waals surface area contributed by atoms with E-state index in [4.69, 9.17) is 4.74 Å². The molecule has 238 valence electrons. The zero-order valence-electron chi connectivity index (χ0n) is 26.4. The number of hydrogen-bond donors (Lipinski definition) is 3. The fraction of sp³-hybridized carbons (Fsp3) is 0.282. The molecule has 2 amide bonds. The maximum absolute atomic E-state index is 14.0. The molecule has 47 heavy (non-hydrogen) atoms. The van der Waals surface area contributed by atoms with Gasteiger partial charge in [-0.25, -0.2) is 0 Å². The minimum absolute atomic E-state index is 0.156. The van der Waals surface area contributed by atoms with Crippen LogP contribution in [0.5, 0.6) is 5.75 Å². The van der Waals surface area contributed by atoms with E-state index in [1.165, 1.54) is 22.1 Å². The van der Waals surface area contributed by atoms with Crippen LogP contribution in [0.25, 0.3) is 22.4 Å². The molecule has 4 atom stereocenters. The third-order valence-electron chi connectivity index (χ3n) is 10.1. The molecule has 7 nitrogen and oxygen atoms in total. The molecule has 4 aromatic carbocycles. The lowest BCUT2D eigenvalue weighted by Crippen LogP contribution is -2.35. The number of rotatable bonds is 9. The van der Waals surface area contributed by atoms with Crippen LogP contribution in [0.1, 0.15) is 50.2 Å². The van der Waals surface area contributed by atoms with Crippen molar-refractivity contribution in [2.24, 2.45) is 17.8 Å². The maximum Gasteiger partial charge on any atom is 0.488 e. The molecule has 0 saturated carbocycles. The Morgan fingerprint density at radius 3 is 2.45 bits per heavy atom. The first-order chi connectivity index (χ1) is 22.9. The van der Waals surface area contributed by atoms with Crippen LogP contribution >= 0.6 is 0 Å². The van der Waals surface area contributed by atoms with Crippen LogP contribution < -0.4 is 10.4 Å². The normalized spacial score (nSPS) is 22.6. The summed E-state index contributed by atoms with van der Waals surface area (Å²) in [5, 5.41) is 31.7. The average molecular weight is 628 g/mol. The molecule has 0 spiro atoms. The second kappa shape index (κ2) is 13.0. The van der Waals surface area contributed by atoms with Crippen molar-refractivity contribution in [1.82, 2.24) is 0 Å². The lowest BCUT2D eigenvalue weighted by Gasteiger charge is -2.32. The number of imide groups is 1. The molecule has 0 radical (unpaired) electrons. The number of carbonyl (C=O) groups excluding carboxylic acids is 2. The number of ether oxygens (including phenoxy) is 1. The molecular weight excluding hydrogens is 589 g/mol. The maximum atomic E-state index is 14.0. The molecule has 2 heterocycles. The molecule has 0 aromatic heterocycles. The van der Waals surface area contributed by atoms with Crippen LogP contribution in [-0.2, 0) is 14.3 Å². The number of fused-ring (bicyclic) bond motifs is 4. The Bertz CT molecular complexity index is 1900. The monoisotopic (exact) mass is 627 g/mol. The number of aromatic hydroxyl groups is 1. The van der Waals surface area contributed by atoms with E-state index in [0.29, 0.717) is 18.7 Å². The van der Waals surface area contributed by atoms with Gasteiger partial charge in [0.15, 0.2) is 0 Å². The molecule has 2 fully saturated rings.